The maximum atomic E-state index is 2.45. The fraction of sp³-hybridized carbons (Fsp3) is 0.167. The molecule has 2 atom stereocenters. The Balaban J connectivity index is 1.56. The third-order valence-corrected chi connectivity index (χ3v) is 5.56. The van der Waals surface area contributed by atoms with E-state index in [4.69, 9.17) is 0 Å². The average Bonchev–Trinajstić information content (AvgIpc) is 3.26. The lowest BCUT2D eigenvalue weighted by Gasteiger charge is -2.26. The fourth-order valence-corrected chi connectivity index (χ4v) is 4.50. The molecule has 1 nitrogen and oxygen atoms in total. The Morgan fingerprint density at radius 1 is 0.920 bits per heavy atom. The second kappa shape index (κ2) is 5.35. The van der Waals surface area contributed by atoms with Crippen LogP contribution in [0.5, 0.6) is 0 Å². The van der Waals surface area contributed by atoms with E-state index in [-0.39, 0.29) is 0 Å². The van der Waals surface area contributed by atoms with Gasteiger partial charge in [-0.25, -0.2) is 0 Å². The summed E-state index contributed by atoms with van der Waals surface area (Å²) in [6.45, 7) is 4.54. The lowest BCUT2D eigenvalue weighted by molar-refractivity contribution is 0.868. The second-order valence-electron chi connectivity index (χ2n) is 7.12. The van der Waals surface area contributed by atoms with Crippen LogP contribution in [0.4, 0.5) is 5.69 Å². The molecule has 0 aromatic heterocycles. The summed E-state index contributed by atoms with van der Waals surface area (Å²) < 4.78 is 0. The van der Waals surface area contributed by atoms with Crippen LogP contribution in [-0.4, -0.2) is 6.04 Å². The summed E-state index contributed by atoms with van der Waals surface area (Å²) in [5, 5.41) is 0. The van der Waals surface area contributed by atoms with Crippen molar-refractivity contribution in [3.8, 4) is 0 Å². The van der Waals surface area contributed by atoms with Crippen LogP contribution in [0.25, 0.3) is 6.08 Å². The molecule has 2 unspecified atom stereocenters. The Hall–Kier alpha value is -2.80. The number of fused-ring (bicyclic) bond motifs is 2. The highest BCUT2D eigenvalue weighted by atomic mass is 15.2. The van der Waals surface area contributed by atoms with E-state index in [9.17, 15) is 0 Å². The molecule has 0 fully saturated rings. The molecule has 1 heterocycles. The number of hydrogen-bond donors (Lipinski definition) is 0. The first-order valence-electron chi connectivity index (χ1n) is 9.00. The van der Waals surface area contributed by atoms with Gasteiger partial charge >= 0.3 is 0 Å². The van der Waals surface area contributed by atoms with Crippen LogP contribution < -0.4 is 4.90 Å². The van der Waals surface area contributed by atoms with Crippen molar-refractivity contribution in [3.63, 3.8) is 0 Å². The van der Waals surface area contributed by atoms with E-state index < -0.39 is 0 Å². The van der Waals surface area contributed by atoms with Crippen molar-refractivity contribution in [3.05, 3.63) is 106 Å². The van der Waals surface area contributed by atoms with Gasteiger partial charge in [-0.3, -0.25) is 0 Å². The van der Waals surface area contributed by atoms with Gasteiger partial charge in [0.1, 0.15) is 0 Å². The van der Waals surface area contributed by atoms with Gasteiger partial charge < -0.3 is 4.90 Å². The predicted molar refractivity (Wildman–Crippen MR) is 105 cm³/mol. The van der Waals surface area contributed by atoms with E-state index in [0.29, 0.717) is 12.0 Å². The normalized spacial score (nSPS) is 23.7. The lowest BCUT2D eigenvalue weighted by Crippen LogP contribution is -2.25. The van der Waals surface area contributed by atoms with Gasteiger partial charge in [0.15, 0.2) is 0 Å². The maximum absolute atomic E-state index is 2.45. The minimum Gasteiger partial charge on any atom is -0.334 e. The van der Waals surface area contributed by atoms with Crippen molar-refractivity contribution in [2.24, 2.45) is 0 Å². The molecule has 0 spiro atoms. The van der Waals surface area contributed by atoms with Crippen molar-refractivity contribution < 1.29 is 0 Å². The van der Waals surface area contributed by atoms with Gasteiger partial charge in [-0.1, -0.05) is 60.7 Å². The zero-order valence-electron chi connectivity index (χ0n) is 14.6. The lowest BCUT2D eigenvalue weighted by atomic mass is 9.87. The number of benzene rings is 2. The third kappa shape index (κ3) is 2.09. The first-order valence-corrected chi connectivity index (χ1v) is 9.00. The van der Waals surface area contributed by atoms with Crippen molar-refractivity contribution in [1.82, 2.24) is 0 Å². The van der Waals surface area contributed by atoms with Gasteiger partial charge in [0.2, 0.25) is 0 Å². The highest BCUT2D eigenvalue weighted by Gasteiger charge is 2.36. The predicted octanol–water partition coefficient (Wildman–Crippen LogP) is 5.85. The minimum absolute atomic E-state index is 0.374. The van der Waals surface area contributed by atoms with E-state index in [1.165, 1.54) is 39.2 Å². The first kappa shape index (κ1) is 14.5. The molecule has 1 heteroatoms. The molecule has 0 bridgehead atoms. The molecular formula is C24H21N. The standard InChI is InChI=1S/C24H21N/c1-16-14-23-22(15-17(2)25(23)19-9-4-3-5-10-19)24(16)21-13-12-18-8-6-7-11-20(18)21/h3-15,17,21H,1-2H3. The molecule has 0 saturated heterocycles. The molecule has 2 aromatic carbocycles. The second-order valence-corrected chi connectivity index (χ2v) is 7.12. The van der Waals surface area contributed by atoms with Crippen LogP contribution in [0, 0.1) is 0 Å². The summed E-state index contributed by atoms with van der Waals surface area (Å²) in [6, 6.07) is 19.9. The minimum atomic E-state index is 0.374. The molecule has 0 N–H and O–H groups in total. The molecule has 2 aliphatic carbocycles. The molecule has 2 aromatic rings. The molecule has 5 rings (SSSR count). The maximum Gasteiger partial charge on any atom is 0.0503 e. The molecule has 3 aliphatic rings. The summed E-state index contributed by atoms with van der Waals surface area (Å²) in [5.41, 5.74) is 9.68. The smallest absolute Gasteiger partial charge is 0.0503 e. The Bertz CT molecular complexity index is 972. The Labute approximate surface area is 149 Å². The van der Waals surface area contributed by atoms with Crippen LogP contribution in [0.1, 0.15) is 30.9 Å². The zero-order valence-corrected chi connectivity index (χ0v) is 14.6. The largest absolute Gasteiger partial charge is 0.334 e. The quantitative estimate of drug-likeness (QED) is 0.670. The van der Waals surface area contributed by atoms with E-state index in [1.54, 1.807) is 0 Å². The topological polar surface area (TPSA) is 3.24 Å². The molecule has 1 aliphatic heterocycles. The number of hydrogen-bond acceptors (Lipinski definition) is 1. The molecule has 25 heavy (non-hydrogen) atoms. The molecule has 0 radical (unpaired) electrons. The van der Waals surface area contributed by atoms with Crippen molar-refractivity contribution in [2.45, 2.75) is 25.8 Å². The van der Waals surface area contributed by atoms with E-state index in [1.807, 2.05) is 0 Å². The molecule has 122 valence electrons. The van der Waals surface area contributed by atoms with Gasteiger partial charge in [0, 0.05) is 22.9 Å². The van der Waals surface area contributed by atoms with Crippen LogP contribution in [0.2, 0.25) is 0 Å². The SMILES string of the molecule is CC1=C(C2C=Cc3ccccc32)C2=CC(C)N(c3ccccc3)C2=C1. The van der Waals surface area contributed by atoms with E-state index in [2.05, 4.69) is 97.6 Å². The van der Waals surface area contributed by atoms with Crippen molar-refractivity contribution >= 4 is 11.8 Å². The number of nitrogens with zero attached hydrogens (tertiary/aromatic N) is 1. The Morgan fingerprint density at radius 2 is 1.68 bits per heavy atom. The zero-order chi connectivity index (χ0) is 17.0. The summed E-state index contributed by atoms with van der Waals surface area (Å²) in [6.07, 6.45) is 9.43. The summed E-state index contributed by atoms with van der Waals surface area (Å²) in [5.74, 6) is 0.374. The molecule has 0 saturated carbocycles. The third-order valence-electron chi connectivity index (χ3n) is 5.56. The summed E-state index contributed by atoms with van der Waals surface area (Å²) in [7, 11) is 0. The van der Waals surface area contributed by atoms with Gasteiger partial charge in [0.25, 0.3) is 0 Å². The Morgan fingerprint density at radius 3 is 2.52 bits per heavy atom. The fourth-order valence-electron chi connectivity index (χ4n) is 4.50. The van der Waals surface area contributed by atoms with E-state index >= 15 is 0 Å². The van der Waals surface area contributed by atoms with Crippen molar-refractivity contribution in [1.29, 1.82) is 0 Å². The van der Waals surface area contributed by atoms with Gasteiger partial charge in [-0.15, -0.1) is 0 Å². The first-order chi connectivity index (χ1) is 12.2. The summed E-state index contributed by atoms with van der Waals surface area (Å²) >= 11 is 0. The molecule has 0 amide bonds. The summed E-state index contributed by atoms with van der Waals surface area (Å²) in [4.78, 5) is 2.45. The van der Waals surface area contributed by atoms with Crippen LogP contribution >= 0.6 is 0 Å². The van der Waals surface area contributed by atoms with Crippen LogP contribution in [0.15, 0.2) is 95.2 Å². The highest BCUT2D eigenvalue weighted by molar-refractivity contribution is 5.77. The van der Waals surface area contributed by atoms with E-state index in [0.717, 1.165) is 0 Å². The monoisotopic (exact) mass is 323 g/mol. The Kier molecular flexibility index (Phi) is 3.11. The van der Waals surface area contributed by atoms with Crippen LogP contribution in [-0.2, 0) is 0 Å². The van der Waals surface area contributed by atoms with Gasteiger partial charge in [-0.05, 0) is 54.3 Å². The van der Waals surface area contributed by atoms with Gasteiger partial charge in [0.05, 0.1) is 6.04 Å². The molecular weight excluding hydrogens is 302 g/mol. The van der Waals surface area contributed by atoms with Gasteiger partial charge in [-0.2, -0.15) is 0 Å². The number of para-hydroxylation sites is 1. The number of rotatable bonds is 2. The number of anilines is 1. The number of allylic oxidation sites excluding steroid dienone is 4. The average molecular weight is 323 g/mol. The van der Waals surface area contributed by atoms with Crippen molar-refractivity contribution in [2.75, 3.05) is 4.90 Å². The van der Waals surface area contributed by atoms with Crippen LogP contribution in [0.3, 0.4) is 0 Å². The highest BCUT2D eigenvalue weighted by Crippen LogP contribution is 2.49.